The third-order valence-electron chi connectivity index (χ3n) is 3.91. The minimum atomic E-state index is 0.307. The van der Waals surface area contributed by atoms with Crippen LogP contribution in [0.15, 0.2) is 6.33 Å². The van der Waals surface area contributed by atoms with E-state index in [1.54, 1.807) is 0 Å². The van der Waals surface area contributed by atoms with Gasteiger partial charge >= 0.3 is 0 Å². The highest BCUT2D eigenvalue weighted by Crippen LogP contribution is 2.39. The van der Waals surface area contributed by atoms with Gasteiger partial charge in [-0.15, -0.1) is 0 Å². The molecule has 0 N–H and O–H groups in total. The molecular weight excluding hydrogens is 294 g/mol. The van der Waals surface area contributed by atoms with Crippen LogP contribution in [0.5, 0.6) is 0 Å². The molecule has 102 valence electrons. The lowest BCUT2D eigenvalue weighted by atomic mass is 10.1. The largest absolute Gasteiger partial charge is 0.355 e. The molecular formula is C13H12ClN5S. The molecule has 2 aromatic heterocycles. The van der Waals surface area contributed by atoms with Crippen LogP contribution < -0.4 is 4.90 Å². The Bertz CT molecular complexity index is 709. The molecule has 0 atom stereocenters. The van der Waals surface area contributed by atoms with E-state index >= 15 is 0 Å². The van der Waals surface area contributed by atoms with Gasteiger partial charge in [-0.2, -0.15) is 9.64 Å². The molecule has 0 bridgehead atoms. The number of hydrogen-bond donors (Lipinski definition) is 0. The maximum Gasteiger partial charge on any atom is 0.162 e. The Labute approximate surface area is 125 Å². The molecule has 1 aliphatic carbocycles. The van der Waals surface area contributed by atoms with Gasteiger partial charge in [-0.3, -0.25) is 0 Å². The molecule has 2 aromatic rings. The molecule has 4 rings (SSSR count). The van der Waals surface area contributed by atoms with Crippen LogP contribution in [0.25, 0.3) is 0 Å². The molecule has 7 heteroatoms. The van der Waals surface area contributed by atoms with Gasteiger partial charge in [0, 0.05) is 24.7 Å². The number of imidazole rings is 1. The van der Waals surface area contributed by atoms with Gasteiger partial charge in [-0.05, 0) is 24.4 Å². The fourth-order valence-corrected chi connectivity index (χ4v) is 3.80. The lowest BCUT2D eigenvalue weighted by Crippen LogP contribution is -2.31. The van der Waals surface area contributed by atoms with E-state index in [-0.39, 0.29) is 0 Å². The number of nitrogens with zero attached hydrogens (tertiary/aromatic N) is 5. The number of rotatable bonds is 2. The Kier molecular flexibility index (Phi) is 2.72. The van der Waals surface area contributed by atoms with Gasteiger partial charge in [0.15, 0.2) is 5.15 Å². The summed E-state index contributed by atoms with van der Waals surface area (Å²) in [5.74, 6) is 0. The first kappa shape index (κ1) is 12.2. The molecule has 2 aliphatic rings. The molecule has 5 nitrogen and oxygen atoms in total. The van der Waals surface area contributed by atoms with E-state index in [2.05, 4.69) is 24.9 Å². The average Bonchev–Trinajstić information content (AvgIpc) is 3.11. The van der Waals surface area contributed by atoms with Crippen molar-refractivity contribution in [2.75, 3.05) is 11.4 Å². The summed E-state index contributed by atoms with van der Waals surface area (Å²) in [4.78, 5) is 6.71. The van der Waals surface area contributed by atoms with Gasteiger partial charge in [0.25, 0.3) is 0 Å². The molecule has 1 aliphatic heterocycles. The fraction of sp³-hybridized carbons (Fsp3) is 0.462. The summed E-state index contributed by atoms with van der Waals surface area (Å²) in [6.45, 7) is 1.63. The van der Waals surface area contributed by atoms with E-state index in [4.69, 9.17) is 11.6 Å². The molecule has 1 fully saturated rings. The van der Waals surface area contributed by atoms with Crippen molar-refractivity contribution in [2.24, 2.45) is 0 Å². The number of nitriles is 1. The first-order chi connectivity index (χ1) is 9.78. The Balaban J connectivity index is 1.65. The van der Waals surface area contributed by atoms with Crippen LogP contribution in [0.4, 0.5) is 5.00 Å². The van der Waals surface area contributed by atoms with Crippen LogP contribution in [-0.2, 0) is 13.0 Å². The predicted octanol–water partition coefficient (Wildman–Crippen LogP) is 2.76. The first-order valence-corrected chi connectivity index (χ1v) is 7.78. The highest BCUT2D eigenvalue weighted by atomic mass is 35.5. The number of halogens is 1. The number of anilines is 1. The third-order valence-corrected chi connectivity index (χ3v) is 5.20. The van der Waals surface area contributed by atoms with Gasteiger partial charge in [-0.25, -0.2) is 4.98 Å². The van der Waals surface area contributed by atoms with E-state index in [9.17, 15) is 5.26 Å². The Hall–Kier alpha value is -1.58. The SMILES string of the molecule is N#Cc1c(Cl)nsc1N1CCc2c(ncn2C2CC2)C1. The predicted molar refractivity (Wildman–Crippen MR) is 77.1 cm³/mol. The molecule has 0 radical (unpaired) electrons. The number of hydrogen-bond acceptors (Lipinski definition) is 5. The molecule has 0 amide bonds. The minimum Gasteiger partial charge on any atom is -0.355 e. The standard InChI is InChI=1S/C13H12ClN5S/c14-12-9(5-15)13(20-17-12)18-4-3-11-10(6-18)16-7-19(11)8-1-2-8/h7-8H,1-4,6H2. The van der Waals surface area contributed by atoms with Crippen molar-refractivity contribution >= 4 is 28.1 Å². The highest BCUT2D eigenvalue weighted by molar-refractivity contribution is 7.10. The van der Waals surface area contributed by atoms with Crippen molar-refractivity contribution < 1.29 is 0 Å². The minimum absolute atomic E-state index is 0.307. The smallest absolute Gasteiger partial charge is 0.162 e. The highest BCUT2D eigenvalue weighted by Gasteiger charge is 2.30. The zero-order chi connectivity index (χ0) is 13.7. The average molecular weight is 306 g/mol. The van der Waals surface area contributed by atoms with Crippen LogP contribution in [0.3, 0.4) is 0 Å². The maximum absolute atomic E-state index is 9.19. The molecule has 3 heterocycles. The van der Waals surface area contributed by atoms with E-state index in [1.165, 1.54) is 30.1 Å². The van der Waals surface area contributed by atoms with Crippen molar-refractivity contribution in [2.45, 2.75) is 31.8 Å². The zero-order valence-corrected chi connectivity index (χ0v) is 12.3. The van der Waals surface area contributed by atoms with Crippen LogP contribution in [0, 0.1) is 11.3 Å². The van der Waals surface area contributed by atoms with Gasteiger partial charge in [0.2, 0.25) is 0 Å². The molecule has 0 saturated heterocycles. The summed E-state index contributed by atoms with van der Waals surface area (Å²) in [6, 6.07) is 2.82. The second-order valence-electron chi connectivity index (χ2n) is 5.21. The van der Waals surface area contributed by atoms with E-state index in [0.29, 0.717) is 16.8 Å². The summed E-state index contributed by atoms with van der Waals surface area (Å²) in [5.41, 5.74) is 2.97. The summed E-state index contributed by atoms with van der Waals surface area (Å²) in [6.07, 6.45) is 5.48. The van der Waals surface area contributed by atoms with Gasteiger partial charge in [-0.1, -0.05) is 11.6 Å². The zero-order valence-electron chi connectivity index (χ0n) is 10.7. The maximum atomic E-state index is 9.19. The van der Waals surface area contributed by atoms with Gasteiger partial charge < -0.3 is 9.47 Å². The third kappa shape index (κ3) is 1.81. The fourth-order valence-electron chi connectivity index (χ4n) is 2.74. The first-order valence-electron chi connectivity index (χ1n) is 6.62. The Morgan fingerprint density at radius 3 is 3.05 bits per heavy atom. The topological polar surface area (TPSA) is 57.7 Å². The van der Waals surface area contributed by atoms with Crippen molar-refractivity contribution in [3.8, 4) is 6.07 Å². The number of aromatic nitrogens is 3. The summed E-state index contributed by atoms with van der Waals surface area (Å²) < 4.78 is 6.41. The van der Waals surface area contributed by atoms with Crippen molar-refractivity contribution in [3.63, 3.8) is 0 Å². The van der Waals surface area contributed by atoms with Crippen molar-refractivity contribution in [1.82, 2.24) is 13.9 Å². The van der Waals surface area contributed by atoms with Gasteiger partial charge in [0.05, 0.1) is 18.6 Å². The normalized spacial score (nSPS) is 17.9. The van der Waals surface area contributed by atoms with Gasteiger partial charge in [0.1, 0.15) is 16.6 Å². The molecule has 0 spiro atoms. The van der Waals surface area contributed by atoms with Crippen LogP contribution >= 0.6 is 23.1 Å². The lowest BCUT2D eigenvalue weighted by molar-refractivity contribution is 0.643. The van der Waals surface area contributed by atoms with Crippen molar-refractivity contribution in [3.05, 3.63) is 28.4 Å². The summed E-state index contributed by atoms with van der Waals surface area (Å²) in [5, 5.41) is 10.4. The quantitative estimate of drug-likeness (QED) is 0.856. The Morgan fingerprint density at radius 2 is 2.30 bits per heavy atom. The lowest BCUT2D eigenvalue weighted by Gasteiger charge is -2.27. The second-order valence-corrected chi connectivity index (χ2v) is 6.32. The Morgan fingerprint density at radius 1 is 1.45 bits per heavy atom. The summed E-state index contributed by atoms with van der Waals surface area (Å²) in [7, 11) is 0. The molecule has 0 aromatic carbocycles. The van der Waals surface area contributed by atoms with E-state index in [0.717, 1.165) is 30.2 Å². The van der Waals surface area contributed by atoms with E-state index in [1.807, 2.05) is 6.33 Å². The van der Waals surface area contributed by atoms with Crippen LogP contribution in [0.1, 0.15) is 35.8 Å². The van der Waals surface area contributed by atoms with Crippen molar-refractivity contribution in [1.29, 1.82) is 5.26 Å². The van der Waals surface area contributed by atoms with E-state index < -0.39 is 0 Å². The summed E-state index contributed by atoms with van der Waals surface area (Å²) >= 11 is 7.24. The van der Waals surface area contributed by atoms with Crippen LogP contribution in [-0.4, -0.2) is 20.5 Å². The molecule has 1 saturated carbocycles. The number of fused-ring (bicyclic) bond motifs is 1. The molecule has 0 unspecified atom stereocenters. The monoisotopic (exact) mass is 305 g/mol. The second kappa shape index (κ2) is 4.47. The molecule has 20 heavy (non-hydrogen) atoms. The van der Waals surface area contributed by atoms with Crippen LogP contribution in [0.2, 0.25) is 5.15 Å².